The number of hydrogen-bond donors (Lipinski definition) is 1. The van der Waals surface area contributed by atoms with Crippen LogP contribution < -0.4 is 16.6 Å². The van der Waals surface area contributed by atoms with Gasteiger partial charge in [0.05, 0.1) is 6.54 Å². The van der Waals surface area contributed by atoms with E-state index in [4.69, 9.17) is 4.74 Å². The molecule has 0 amide bonds. The van der Waals surface area contributed by atoms with Crippen molar-refractivity contribution in [3.63, 3.8) is 0 Å². The van der Waals surface area contributed by atoms with Crippen LogP contribution in [0.4, 0.5) is 0 Å². The van der Waals surface area contributed by atoms with Crippen molar-refractivity contribution < 1.29 is 9.53 Å². The van der Waals surface area contributed by atoms with E-state index in [1.54, 1.807) is 27.8 Å². The second kappa shape index (κ2) is 6.04. The molecule has 7 nitrogen and oxygen atoms in total. The van der Waals surface area contributed by atoms with E-state index in [1.165, 1.54) is 17.8 Å². The van der Waals surface area contributed by atoms with E-state index in [9.17, 15) is 14.4 Å². The predicted molar refractivity (Wildman–Crippen MR) is 74.5 cm³/mol. The van der Waals surface area contributed by atoms with Gasteiger partial charge in [0.15, 0.2) is 0 Å². The van der Waals surface area contributed by atoms with E-state index in [1.807, 2.05) is 0 Å². The lowest BCUT2D eigenvalue weighted by Gasteiger charge is -2.19. The highest BCUT2D eigenvalue weighted by atomic mass is 16.6. The number of hydrogen-bond acceptors (Lipinski definition) is 5. The summed E-state index contributed by atoms with van der Waals surface area (Å²) in [5.41, 5.74) is -0.875. The van der Waals surface area contributed by atoms with Crippen molar-refractivity contribution >= 4 is 5.97 Å². The van der Waals surface area contributed by atoms with Gasteiger partial charge in [-0.1, -0.05) is 0 Å². The van der Waals surface area contributed by atoms with Gasteiger partial charge in [-0.25, -0.2) is 4.79 Å². The van der Waals surface area contributed by atoms with E-state index in [0.29, 0.717) is 5.56 Å². The fourth-order valence-corrected chi connectivity index (χ4v) is 1.68. The minimum atomic E-state index is -0.536. The Hall–Kier alpha value is -1.89. The van der Waals surface area contributed by atoms with E-state index in [-0.39, 0.29) is 30.3 Å². The molecule has 1 aromatic rings. The zero-order chi connectivity index (χ0) is 15.5. The topological polar surface area (TPSA) is 82.3 Å². The summed E-state index contributed by atoms with van der Waals surface area (Å²) in [7, 11) is 2.99. The number of aryl methyl sites for hydroxylation is 1. The number of carbonyl (C=O) groups excluding carboxylic acids is 1. The molecule has 112 valence electrons. The summed E-state index contributed by atoms with van der Waals surface area (Å²) in [6.07, 6.45) is 1.47. The normalized spacial score (nSPS) is 11.4. The number of rotatable bonds is 4. The smallest absolute Gasteiger partial charge is 0.330 e. The van der Waals surface area contributed by atoms with E-state index in [0.717, 1.165) is 4.57 Å². The molecule has 7 heteroatoms. The van der Waals surface area contributed by atoms with Crippen LogP contribution in [0.1, 0.15) is 26.3 Å². The van der Waals surface area contributed by atoms with Gasteiger partial charge < -0.3 is 14.6 Å². The van der Waals surface area contributed by atoms with Gasteiger partial charge >= 0.3 is 11.7 Å². The summed E-state index contributed by atoms with van der Waals surface area (Å²) in [4.78, 5) is 34.8. The van der Waals surface area contributed by atoms with Crippen LogP contribution in [-0.4, -0.2) is 27.2 Å². The molecule has 1 rings (SSSR count). The van der Waals surface area contributed by atoms with Crippen LogP contribution in [0.15, 0.2) is 15.8 Å². The Labute approximate surface area is 117 Å². The molecule has 20 heavy (non-hydrogen) atoms. The van der Waals surface area contributed by atoms with Gasteiger partial charge in [-0.3, -0.25) is 14.2 Å². The maximum absolute atomic E-state index is 11.8. The van der Waals surface area contributed by atoms with E-state index < -0.39 is 5.60 Å². The molecule has 0 saturated heterocycles. The van der Waals surface area contributed by atoms with Crippen LogP contribution in [0.2, 0.25) is 0 Å². The first-order valence-electron chi connectivity index (χ1n) is 6.30. The molecule has 0 fully saturated rings. The van der Waals surface area contributed by atoms with Crippen LogP contribution >= 0.6 is 0 Å². The van der Waals surface area contributed by atoms with E-state index in [2.05, 4.69) is 5.32 Å². The lowest BCUT2D eigenvalue weighted by Crippen LogP contribution is -2.40. The first-order chi connectivity index (χ1) is 9.11. The van der Waals surface area contributed by atoms with Crippen molar-refractivity contribution in [3.05, 3.63) is 32.6 Å². The molecule has 1 heterocycles. The largest absolute Gasteiger partial charge is 0.459 e. The van der Waals surface area contributed by atoms with Crippen LogP contribution in [0.3, 0.4) is 0 Å². The number of aromatic nitrogens is 2. The molecule has 0 unspecified atom stereocenters. The van der Waals surface area contributed by atoms with Crippen LogP contribution in [0, 0.1) is 0 Å². The molecule has 0 aromatic carbocycles. The van der Waals surface area contributed by atoms with Gasteiger partial charge in [0.25, 0.3) is 5.56 Å². The summed E-state index contributed by atoms with van der Waals surface area (Å²) in [6.45, 7) is 5.55. The molecule has 0 aliphatic rings. The molecule has 0 spiro atoms. The van der Waals surface area contributed by atoms with Crippen molar-refractivity contribution in [3.8, 4) is 0 Å². The molecule has 0 atom stereocenters. The number of esters is 1. The fraction of sp³-hybridized carbons (Fsp3) is 0.615. The van der Waals surface area contributed by atoms with Crippen molar-refractivity contribution in [1.29, 1.82) is 0 Å². The summed E-state index contributed by atoms with van der Waals surface area (Å²) in [6, 6.07) is 0. The fourth-order valence-electron chi connectivity index (χ4n) is 1.68. The summed E-state index contributed by atoms with van der Waals surface area (Å²) >= 11 is 0. The van der Waals surface area contributed by atoms with E-state index >= 15 is 0 Å². The lowest BCUT2D eigenvalue weighted by molar-refractivity contribution is -0.153. The Morgan fingerprint density at radius 3 is 2.45 bits per heavy atom. The maximum Gasteiger partial charge on any atom is 0.330 e. The van der Waals surface area contributed by atoms with Crippen molar-refractivity contribution in [2.45, 2.75) is 32.9 Å². The summed E-state index contributed by atoms with van der Waals surface area (Å²) in [5, 5.41) is 2.84. The van der Waals surface area contributed by atoms with Gasteiger partial charge in [0.2, 0.25) is 0 Å². The van der Waals surface area contributed by atoms with Crippen molar-refractivity contribution in [2.75, 3.05) is 6.54 Å². The average Bonchev–Trinajstić information content (AvgIpc) is 2.30. The third-order valence-corrected chi connectivity index (χ3v) is 2.52. The molecule has 0 saturated carbocycles. The predicted octanol–water partition coefficient (Wildman–Crippen LogP) is -0.485. The quantitative estimate of drug-likeness (QED) is 0.754. The first-order valence-corrected chi connectivity index (χ1v) is 6.30. The Bertz CT molecular complexity index is 608. The maximum atomic E-state index is 11.8. The van der Waals surface area contributed by atoms with Gasteiger partial charge in [-0.2, -0.15) is 0 Å². The van der Waals surface area contributed by atoms with Gasteiger partial charge in [0, 0.05) is 32.4 Å². The number of nitrogens with one attached hydrogen (secondary N) is 1. The molecule has 1 aromatic heterocycles. The van der Waals surface area contributed by atoms with Crippen molar-refractivity contribution in [1.82, 2.24) is 14.5 Å². The zero-order valence-electron chi connectivity index (χ0n) is 12.5. The molecular weight excluding hydrogens is 262 g/mol. The highest BCUT2D eigenvalue weighted by Crippen LogP contribution is 2.06. The number of carbonyl (C=O) groups is 1. The Balaban J connectivity index is 2.66. The molecule has 0 radical (unpaired) electrons. The van der Waals surface area contributed by atoms with Gasteiger partial charge in [-0.15, -0.1) is 0 Å². The molecule has 0 bridgehead atoms. The number of ether oxygens (including phenoxy) is 1. The molecule has 0 aliphatic carbocycles. The third kappa shape index (κ3) is 4.34. The minimum Gasteiger partial charge on any atom is -0.459 e. The Morgan fingerprint density at radius 2 is 1.90 bits per heavy atom. The Kier molecular flexibility index (Phi) is 4.88. The molecular formula is C13H21N3O4. The van der Waals surface area contributed by atoms with Crippen molar-refractivity contribution in [2.24, 2.45) is 14.1 Å². The number of nitrogens with zero attached hydrogens (tertiary/aromatic N) is 2. The molecule has 0 aliphatic heterocycles. The highest BCUT2D eigenvalue weighted by Gasteiger charge is 2.16. The third-order valence-electron chi connectivity index (χ3n) is 2.52. The highest BCUT2D eigenvalue weighted by molar-refractivity contribution is 5.72. The average molecular weight is 283 g/mol. The SMILES string of the molecule is Cn1cc(CNCC(=O)OC(C)(C)C)c(=O)n(C)c1=O. The molecule has 1 N–H and O–H groups in total. The monoisotopic (exact) mass is 283 g/mol. The standard InChI is InChI=1S/C13H21N3O4/c1-13(2,3)20-10(17)7-14-6-9-8-15(4)12(19)16(5)11(9)18/h8,14H,6-7H2,1-5H3. The summed E-state index contributed by atoms with van der Waals surface area (Å²) < 4.78 is 7.49. The van der Waals surface area contributed by atoms with Gasteiger partial charge in [-0.05, 0) is 20.8 Å². The Morgan fingerprint density at radius 1 is 1.30 bits per heavy atom. The summed E-state index contributed by atoms with van der Waals surface area (Å²) in [5.74, 6) is -0.390. The second-order valence-corrected chi connectivity index (χ2v) is 5.60. The van der Waals surface area contributed by atoms with Crippen LogP contribution in [0.25, 0.3) is 0 Å². The van der Waals surface area contributed by atoms with Crippen LogP contribution in [-0.2, 0) is 30.2 Å². The second-order valence-electron chi connectivity index (χ2n) is 5.60. The lowest BCUT2D eigenvalue weighted by atomic mass is 10.2. The minimum absolute atomic E-state index is 0.00324. The van der Waals surface area contributed by atoms with Gasteiger partial charge in [0.1, 0.15) is 5.60 Å². The van der Waals surface area contributed by atoms with Crippen LogP contribution in [0.5, 0.6) is 0 Å². The first kappa shape index (κ1) is 16.2. The zero-order valence-corrected chi connectivity index (χ0v) is 12.5.